The van der Waals surface area contributed by atoms with E-state index < -0.39 is 0 Å². The van der Waals surface area contributed by atoms with Gasteiger partial charge in [-0.3, -0.25) is 0 Å². The minimum Gasteiger partial charge on any atom is -0.399 e. The molecule has 0 amide bonds. The largest absolute Gasteiger partial charge is 0.399 e. The molecule has 0 unspecified atom stereocenters. The van der Waals surface area contributed by atoms with Crippen molar-refractivity contribution in [2.24, 2.45) is 0 Å². The van der Waals surface area contributed by atoms with Crippen LogP contribution in [0.3, 0.4) is 0 Å². The number of methoxy groups -OCH3 is 1. The first-order chi connectivity index (χ1) is 9.20. The van der Waals surface area contributed by atoms with Gasteiger partial charge in [0.05, 0.1) is 12.3 Å². The van der Waals surface area contributed by atoms with Crippen molar-refractivity contribution in [3.63, 3.8) is 0 Å². The molecule has 100 valence electrons. The molecular formula is C15H17IN2O. The summed E-state index contributed by atoms with van der Waals surface area (Å²) >= 11 is 2.29. The van der Waals surface area contributed by atoms with Crippen molar-refractivity contribution in [2.45, 2.75) is 6.42 Å². The molecule has 3 N–H and O–H groups in total. The van der Waals surface area contributed by atoms with Crippen LogP contribution >= 0.6 is 22.6 Å². The predicted octanol–water partition coefficient (Wildman–Crippen LogP) is 3.81. The summed E-state index contributed by atoms with van der Waals surface area (Å²) in [6.07, 6.45) is 0.894. The van der Waals surface area contributed by atoms with Gasteiger partial charge in [-0.2, -0.15) is 0 Å². The maximum absolute atomic E-state index is 5.77. The van der Waals surface area contributed by atoms with E-state index in [1.54, 1.807) is 7.11 Å². The maximum Gasteiger partial charge on any atom is 0.0521 e. The summed E-state index contributed by atoms with van der Waals surface area (Å²) in [5.41, 5.74) is 9.98. The second kappa shape index (κ2) is 6.77. The highest BCUT2D eigenvalue weighted by atomic mass is 127. The normalized spacial score (nSPS) is 10.4. The zero-order valence-corrected chi connectivity index (χ0v) is 13.0. The maximum atomic E-state index is 5.77. The van der Waals surface area contributed by atoms with Crippen LogP contribution in [0.5, 0.6) is 0 Å². The number of anilines is 3. The third kappa shape index (κ3) is 3.84. The van der Waals surface area contributed by atoms with Crippen molar-refractivity contribution >= 4 is 39.7 Å². The van der Waals surface area contributed by atoms with Crippen LogP contribution in [0.25, 0.3) is 0 Å². The summed E-state index contributed by atoms with van der Waals surface area (Å²) in [7, 11) is 1.72. The molecular weight excluding hydrogens is 351 g/mol. The zero-order chi connectivity index (χ0) is 13.7. The highest BCUT2D eigenvalue weighted by molar-refractivity contribution is 14.1. The Morgan fingerprint density at radius 2 is 1.95 bits per heavy atom. The van der Waals surface area contributed by atoms with Crippen LogP contribution in [-0.2, 0) is 11.2 Å². The van der Waals surface area contributed by atoms with Crippen molar-refractivity contribution in [3.05, 3.63) is 51.6 Å². The monoisotopic (exact) mass is 368 g/mol. The SMILES string of the molecule is COCCc1ccccc1Nc1ccc(N)cc1I. The Morgan fingerprint density at radius 3 is 2.68 bits per heavy atom. The van der Waals surface area contributed by atoms with Gasteiger partial charge < -0.3 is 15.8 Å². The molecule has 0 atom stereocenters. The lowest BCUT2D eigenvalue weighted by atomic mass is 10.1. The summed E-state index contributed by atoms with van der Waals surface area (Å²) in [5.74, 6) is 0. The first-order valence-corrected chi connectivity index (χ1v) is 7.17. The van der Waals surface area contributed by atoms with E-state index in [0.29, 0.717) is 0 Å². The number of halogens is 1. The number of hydrogen-bond donors (Lipinski definition) is 2. The summed E-state index contributed by atoms with van der Waals surface area (Å²) in [4.78, 5) is 0. The fourth-order valence-corrected chi connectivity index (χ4v) is 2.52. The van der Waals surface area contributed by atoms with Crippen molar-refractivity contribution in [1.82, 2.24) is 0 Å². The Kier molecular flexibility index (Phi) is 5.04. The summed E-state index contributed by atoms with van der Waals surface area (Å²) in [5, 5.41) is 3.46. The molecule has 0 saturated carbocycles. The summed E-state index contributed by atoms with van der Waals surface area (Å²) in [6.45, 7) is 0.720. The van der Waals surface area contributed by atoms with Crippen LogP contribution in [0.4, 0.5) is 17.1 Å². The average molecular weight is 368 g/mol. The molecule has 0 aromatic heterocycles. The second-order valence-electron chi connectivity index (χ2n) is 4.26. The first kappa shape index (κ1) is 14.1. The van der Waals surface area contributed by atoms with Crippen molar-refractivity contribution in [2.75, 3.05) is 24.8 Å². The van der Waals surface area contributed by atoms with Crippen molar-refractivity contribution in [3.8, 4) is 0 Å². The van der Waals surface area contributed by atoms with E-state index in [0.717, 1.165) is 33.7 Å². The number of nitrogens with two attached hydrogens (primary N) is 1. The molecule has 0 heterocycles. The van der Waals surface area contributed by atoms with E-state index >= 15 is 0 Å². The van der Waals surface area contributed by atoms with Gasteiger partial charge in [-0.25, -0.2) is 0 Å². The van der Waals surface area contributed by atoms with Crippen LogP contribution in [-0.4, -0.2) is 13.7 Å². The van der Waals surface area contributed by atoms with Crippen LogP contribution in [0.2, 0.25) is 0 Å². The average Bonchev–Trinajstić information content (AvgIpc) is 2.41. The third-order valence-electron chi connectivity index (χ3n) is 2.86. The quantitative estimate of drug-likeness (QED) is 0.623. The molecule has 0 aliphatic carbocycles. The van der Waals surface area contributed by atoms with Gasteiger partial charge in [0.1, 0.15) is 0 Å². The van der Waals surface area contributed by atoms with Gasteiger partial charge in [-0.05, 0) is 58.8 Å². The van der Waals surface area contributed by atoms with Gasteiger partial charge in [-0.15, -0.1) is 0 Å². The minimum absolute atomic E-state index is 0.720. The zero-order valence-electron chi connectivity index (χ0n) is 10.8. The van der Waals surface area contributed by atoms with E-state index in [4.69, 9.17) is 10.5 Å². The van der Waals surface area contributed by atoms with E-state index in [1.807, 2.05) is 30.3 Å². The van der Waals surface area contributed by atoms with Crippen LogP contribution in [0, 0.1) is 3.57 Å². The van der Waals surface area contributed by atoms with Crippen LogP contribution < -0.4 is 11.1 Å². The molecule has 19 heavy (non-hydrogen) atoms. The van der Waals surface area contributed by atoms with Crippen molar-refractivity contribution in [1.29, 1.82) is 0 Å². The lowest BCUT2D eigenvalue weighted by Gasteiger charge is -2.13. The molecule has 0 aliphatic heterocycles. The van der Waals surface area contributed by atoms with E-state index in [-0.39, 0.29) is 0 Å². The number of ether oxygens (including phenoxy) is 1. The molecule has 2 aromatic rings. The smallest absolute Gasteiger partial charge is 0.0521 e. The first-order valence-electron chi connectivity index (χ1n) is 6.09. The Labute approximate surface area is 127 Å². The second-order valence-corrected chi connectivity index (χ2v) is 5.43. The molecule has 2 aromatic carbocycles. The summed E-state index contributed by atoms with van der Waals surface area (Å²) < 4.78 is 6.25. The highest BCUT2D eigenvalue weighted by Crippen LogP contribution is 2.26. The third-order valence-corrected chi connectivity index (χ3v) is 3.75. The predicted molar refractivity (Wildman–Crippen MR) is 88.9 cm³/mol. The molecule has 0 fully saturated rings. The van der Waals surface area contributed by atoms with E-state index in [9.17, 15) is 0 Å². The van der Waals surface area contributed by atoms with Gasteiger partial charge in [0.15, 0.2) is 0 Å². The number of hydrogen-bond acceptors (Lipinski definition) is 3. The van der Waals surface area contributed by atoms with E-state index in [2.05, 4.69) is 40.0 Å². The van der Waals surface area contributed by atoms with Crippen molar-refractivity contribution < 1.29 is 4.74 Å². The van der Waals surface area contributed by atoms with Gasteiger partial charge in [0, 0.05) is 22.1 Å². The topological polar surface area (TPSA) is 47.3 Å². The van der Waals surface area contributed by atoms with Crippen LogP contribution in [0.15, 0.2) is 42.5 Å². The van der Waals surface area contributed by atoms with Crippen LogP contribution in [0.1, 0.15) is 5.56 Å². The Balaban J connectivity index is 2.22. The number of para-hydroxylation sites is 1. The van der Waals surface area contributed by atoms with Gasteiger partial charge >= 0.3 is 0 Å². The van der Waals surface area contributed by atoms with Gasteiger partial charge in [0.2, 0.25) is 0 Å². The Bertz CT molecular complexity index is 558. The fourth-order valence-electron chi connectivity index (χ4n) is 1.85. The molecule has 4 heteroatoms. The lowest BCUT2D eigenvalue weighted by Crippen LogP contribution is -2.01. The molecule has 0 aliphatic rings. The standard InChI is InChI=1S/C15H17IN2O/c1-19-9-8-11-4-2-3-5-14(11)18-15-7-6-12(17)10-13(15)16/h2-7,10,18H,8-9,17H2,1H3. The van der Waals surface area contributed by atoms with Gasteiger partial charge in [0.25, 0.3) is 0 Å². The fraction of sp³-hybridized carbons (Fsp3) is 0.200. The number of benzene rings is 2. The van der Waals surface area contributed by atoms with Gasteiger partial charge in [-0.1, -0.05) is 18.2 Å². The molecule has 2 rings (SSSR count). The lowest BCUT2D eigenvalue weighted by molar-refractivity contribution is 0.202. The Hall–Kier alpha value is -1.27. The molecule has 0 spiro atoms. The number of rotatable bonds is 5. The summed E-state index contributed by atoms with van der Waals surface area (Å²) in [6, 6.07) is 14.1. The van der Waals surface area contributed by atoms with E-state index in [1.165, 1.54) is 5.56 Å². The molecule has 0 radical (unpaired) electrons. The number of nitrogen functional groups attached to an aromatic ring is 1. The minimum atomic E-state index is 0.720. The number of nitrogens with one attached hydrogen (secondary N) is 1. The molecule has 0 saturated heterocycles. The molecule has 3 nitrogen and oxygen atoms in total. The highest BCUT2D eigenvalue weighted by Gasteiger charge is 2.05. The Morgan fingerprint density at radius 1 is 1.16 bits per heavy atom. The molecule has 0 bridgehead atoms.